The summed E-state index contributed by atoms with van der Waals surface area (Å²) >= 11 is 0. The molecule has 15 heavy (non-hydrogen) atoms. The summed E-state index contributed by atoms with van der Waals surface area (Å²) in [6, 6.07) is 3.87. The van der Waals surface area contributed by atoms with Gasteiger partial charge in [-0.2, -0.15) is 13.2 Å². The normalized spacial score (nSPS) is 13.0. The Kier molecular flexibility index (Phi) is 3.02. The minimum absolute atomic E-state index is 0.177. The maximum Gasteiger partial charge on any atom is 0.416 e. The van der Waals surface area contributed by atoms with E-state index in [9.17, 15) is 13.2 Å². The number of benzene rings is 1. The molecule has 0 bridgehead atoms. The number of hydrogen-bond acceptors (Lipinski definition) is 1. The molecule has 0 atom stereocenters. The van der Waals surface area contributed by atoms with Crippen molar-refractivity contribution in [1.82, 2.24) is 0 Å². The van der Waals surface area contributed by atoms with Crippen LogP contribution in [0.4, 0.5) is 18.9 Å². The molecule has 1 aromatic carbocycles. The Bertz CT molecular complexity index is 390. The average Bonchev–Trinajstić information content (AvgIpc) is 2.05. The van der Waals surface area contributed by atoms with E-state index in [4.69, 9.17) is 5.73 Å². The largest absolute Gasteiger partial charge is 0.416 e. The number of amidine groups is 1. The van der Waals surface area contributed by atoms with Crippen LogP contribution < -0.4 is 5.73 Å². The fourth-order valence-corrected chi connectivity index (χ4v) is 1.19. The van der Waals surface area contributed by atoms with Crippen molar-refractivity contribution < 1.29 is 13.2 Å². The molecule has 0 saturated heterocycles. The van der Waals surface area contributed by atoms with E-state index in [2.05, 4.69) is 4.99 Å². The molecule has 1 aromatic rings. The van der Waals surface area contributed by atoms with Gasteiger partial charge < -0.3 is 5.73 Å². The van der Waals surface area contributed by atoms with Gasteiger partial charge in [0.15, 0.2) is 0 Å². The van der Waals surface area contributed by atoms with Crippen molar-refractivity contribution in [3.05, 3.63) is 29.3 Å². The van der Waals surface area contributed by atoms with Crippen molar-refractivity contribution >= 4 is 11.5 Å². The molecule has 0 heterocycles. The molecule has 0 aliphatic carbocycles. The van der Waals surface area contributed by atoms with Gasteiger partial charge >= 0.3 is 6.18 Å². The molecule has 82 valence electrons. The molecule has 0 radical (unpaired) electrons. The van der Waals surface area contributed by atoms with Gasteiger partial charge in [-0.15, -0.1) is 0 Å². The molecule has 0 aromatic heterocycles. The topological polar surface area (TPSA) is 38.4 Å². The fourth-order valence-electron chi connectivity index (χ4n) is 1.19. The monoisotopic (exact) mass is 216 g/mol. The predicted octanol–water partition coefficient (Wildman–Crippen LogP) is 3.02. The standard InChI is InChI=1S/C10H11F3N2/c1-6-3-4-8(15-7(2)14)5-9(6)10(11,12)13/h3-5H,1-2H3,(H2,14,15). The molecule has 0 unspecified atom stereocenters. The van der Waals surface area contributed by atoms with Gasteiger partial charge in [0.1, 0.15) is 0 Å². The molecule has 5 heteroatoms. The molecule has 0 aliphatic rings. The van der Waals surface area contributed by atoms with Crippen LogP contribution in [0, 0.1) is 6.92 Å². The van der Waals surface area contributed by atoms with E-state index in [1.165, 1.54) is 26.0 Å². The van der Waals surface area contributed by atoms with E-state index in [-0.39, 0.29) is 17.1 Å². The van der Waals surface area contributed by atoms with Crippen molar-refractivity contribution in [2.24, 2.45) is 10.7 Å². The van der Waals surface area contributed by atoms with Crippen molar-refractivity contribution in [3.8, 4) is 0 Å². The molecule has 0 spiro atoms. The van der Waals surface area contributed by atoms with E-state index >= 15 is 0 Å². The van der Waals surface area contributed by atoms with Crippen LogP contribution in [0.1, 0.15) is 18.1 Å². The van der Waals surface area contributed by atoms with Crippen LogP contribution in [0.5, 0.6) is 0 Å². The summed E-state index contributed by atoms with van der Waals surface area (Å²) in [7, 11) is 0. The lowest BCUT2D eigenvalue weighted by atomic mass is 10.1. The van der Waals surface area contributed by atoms with Crippen LogP contribution in [0.25, 0.3) is 0 Å². The van der Waals surface area contributed by atoms with Crippen LogP contribution in [0.3, 0.4) is 0 Å². The van der Waals surface area contributed by atoms with Crippen LogP contribution in [-0.2, 0) is 6.18 Å². The number of aliphatic imine (C=N–C) groups is 1. The first-order chi connectivity index (χ1) is 6.80. The lowest BCUT2D eigenvalue weighted by Crippen LogP contribution is -2.07. The summed E-state index contributed by atoms with van der Waals surface area (Å²) in [5.41, 5.74) is 5.01. The second-order valence-corrected chi connectivity index (χ2v) is 3.25. The number of nitrogens with two attached hydrogens (primary N) is 1. The highest BCUT2D eigenvalue weighted by Gasteiger charge is 2.32. The Hall–Kier alpha value is -1.52. The van der Waals surface area contributed by atoms with Crippen LogP contribution >= 0.6 is 0 Å². The van der Waals surface area contributed by atoms with Crippen molar-refractivity contribution in [2.45, 2.75) is 20.0 Å². The average molecular weight is 216 g/mol. The van der Waals surface area contributed by atoms with Crippen LogP contribution in [0.2, 0.25) is 0 Å². The summed E-state index contributed by atoms with van der Waals surface area (Å²) in [5.74, 6) is 0.229. The highest BCUT2D eigenvalue weighted by Crippen LogP contribution is 2.33. The summed E-state index contributed by atoms with van der Waals surface area (Å²) in [5, 5.41) is 0. The first-order valence-corrected chi connectivity index (χ1v) is 4.29. The van der Waals surface area contributed by atoms with E-state index < -0.39 is 11.7 Å². The summed E-state index contributed by atoms with van der Waals surface area (Å²) in [4.78, 5) is 3.77. The molecule has 0 aliphatic heterocycles. The molecule has 1 rings (SSSR count). The molecule has 2 nitrogen and oxygen atoms in total. The number of nitrogens with zero attached hydrogens (tertiary/aromatic N) is 1. The minimum Gasteiger partial charge on any atom is -0.387 e. The van der Waals surface area contributed by atoms with Gasteiger partial charge in [-0.1, -0.05) is 6.07 Å². The Morgan fingerprint density at radius 2 is 1.93 bits per heavy atom. The summed E-state index contributed by atoms with van der Waals surface area (Å²) < 4.78 is 37.5. The van der Waals surface area contributed by atoms with Crippen molar-refractivity contribution in [3.63, 3.8) is 0 Å². The van der Waals surface area contributed by atoms with E-state index in [1.54, 1.807) is 0 Å². The summed E-state index contributed by atoms with van der Waals surface area (Å²) in [6.07, 6.45) is -4.35. The molecular weight excluding hydrogens is 205 g/mol. The first kappa shape index (κ1) is 11.6. The molecule has 2 N–H and O–H groups in total. The van der Waals surface area contributed by atoms with E-state index in [0.717, 1.165) is 6.07 Å². The summed E-state index contributed by atoms with van der Waals surface area (Å²) in [6.45, 7) is 2.93. The van der Waals surface area contributed by atoms with E-state index in [1.807, 2.05) is 0 Å². The zero-order valence-electron chi connectivity index (χ0n) is 8.39. The third-order valence-corrected chi connectivity index (χ3v) is 1.83. The Balaban J connectivity index is 3.23. The number of rotatable bonds is 1. The van der Waals surface area contributed by atoms with Gasteiger partial charge in [0, 0.05) is 0 Å². The first-order valence-electron chi connectivity index (χ1n) is 4.29. The SMILES string of the molecule is CC(N)=Nc1ccc(C)c(C(F)(F)F)c1. The van der Waals surface area contributed by atoms with Crippen LogP contribution in [-0.4, -0.2) is 5.84 Å². The number of hydrogen-bond donors (Lipinski definition) is 1. The molecule has 0 fully saturated rings. The molecular formula is C10H11F3N2. The minimum atomic E-state index is -4.35. The maximum atomic E-state index is 12.5. The molecule has 0 amide bonds. The lowest BCUT2D eigenvalue weighted by molar-refractivity contribution is -0.138. The Labute approximate surface area is 85.6 Å². The zero-order valence-corrected chi connectivity index (χ0v) is 8.39. The number of halogens is 3. The van der Waals surface area contributed by atoms with Gasteiger partial charge in [-0.05, 0) is 31.5 Å². The maximum absolute atomic E-state index is 12.5. The number of aryl methyl sites for hydroxylation is 1. The fraction of sp³-hybridized carbons (Fsp3) is 0.300. The van der Waals surface area contributed by atoms with Crippen molar-refractivity contribution in [2.75, 3.05) is 0 Å². The Morgan fingerprint density at radius 1 is 1.33 bits per heavy atom. The van der Waals surface area contributed by atoms with Crippen LogP contribution in [0.15, 0.2) is 23.2 Å². The van der Waals surface area contributed by atoms with Gasteiger partial charge in [0.2, 0.25) is 0 Å². The third kappa shape index (κ3) is 2.97. The third-order valence-electron chi connectivity index (χ3n) is 1.83. The van der Waals surface area contributed by atoms with Gasteiger partial charge in [-0.3, -0.25) is 0 Å². The zero-order chi connectivity index (χ0) is 11.6. The predicted molar refractivity (Wildman–Crippen MR) is 53.1 cm³/mol. The van der Waals surface area contributed by atoms with Gasteiger partial charge in [0.05, 0.1) is 17.1 Å². The van der Waals surface area contributed by atoms with Crippen molar-refractivity contribution in [1.29, 1.82) is 0 Å². The van der Waals surface area contributed by atoms with E-state index in [0.29, 0.717) is 0 Å². The second-order valence-electron chi connectivity index (χ2n) is 3.25. The lowest BCUT2D eigenvalue weighted by Gasteiger charge is -2.10. The van der Waals surface area contributed by atoms with Gasteiger partial charge in [-0.25, -0.2) is 4.99 Å². The smallest absolute Gasteiger partial charge is 0.387 e. The highest BCUT2D eigenvalue weighted by molar-refractivity contribution is 5.80. The number of alkyl halides is 3. The quantitative estimate of drug-likeness (QED) is 0.568. The second kappa shape index (κ2) is 3.92. The Morgan fingerprint density at radius 3 is 2.40 bits per heavy atom. The van der Waals surface area contributed by atoms with Gasteiger partial charge in [0.25, 0.3) is 0 Å². The highest BCUT2D eigenvalue weighted by atomic mass is 19.4. The molecule has 0 saturated carbocycles.